The second-order valence-electron chi connectivity index (χ2n) is 4.29. The standard InChI is InChI=1S/C12H18N2O/c1-14(9-8-13)12(6-7-12)10-2-4-11(15)5-3-10/h2-5,15H,6-9,13H2,1H3. The van der Waals surface area contributed by atoms with Gasteiger partial charge < -0.3 is 10.8 Å². The summed E-state index contributed by atoms with van der Waals surface area (Å²) in [5, 5.41) is 9.25. The van der Waals surface area contributed by atoms with Crippen LogP contribution in [-0.4, -0.2) is 30.1 Å². The number of benzene rings is 1. The van der Waals surface area contributed by atoms with E-state index in [4.69, 9.17) is 5.73 Å². The van der Waals surface area contributed by atoms with E-state index in [0.29, 0.717) is 12.3 Å². The van der Waals surface area contributed by atoms with Gasteiger partial charge in [0.05, 0.1) is 0 Å². The zero-order valence-electron chi connectivity index (χ0n) is 9.11. The molecule has 1 aliphatic rings. The number of likely N-dealkylation sites (N-methyl/N-ethyl adjacent to an activating group) is 1. The maximum absolute atomic E-state index is 9.25. The average molecular weight is 206 g/mol. The number of aromatic hydroxyl groups is 1. The Kier molecular flexibility index (Phi) is 2.67. The maximum atomic E-state index is 9.25. The van der Waals surface area contributed by atoms with Gasteiger partial charge in [-0.25, -0.2) is 0 Å². The molecule has 0 aliphatic heterocycles. The summed E-state index contributed by atoms with van der Waals surface area (Å²) in [7, 11) is 2.12. The van der Waals surface area contributed by atoms with Gasteiger partial charge in [-0.1, -0.05) is 12.1 Å². The lowest BCUT2D eigenvalue weighted by Gasteiger charge is -2.28. The molecule has 0 heterocycles. The van der Waals surface area contributed by atoms with Gasteiger partial charge >= 0.3 is 0 Å². The van der Waals surface area contributed by atoms with Crippen molar-refractivity contribution < 1.29 is 5.11 Å². The number of rotatable bonds is 4. The first-order valence-electron chi connectivity index (χ1n) is 5.40. The summed E-state index contributed by atoms with van der Waals surface area (Å²) >= 11 is 0. The van der Waals surface area contributed by atoms with Crippen molar-refractivity contribution in [2.45, 2.75) is 18.4 Å². The molecule has 15 heavy (non-hydrogen) atoms. The Morgan fingerprint density at radius 3 is 2.40 bits per heavy atom. The van der Waals surface area contributed by atoms with Crippen LogP contribution in [0.15, 0.2) is 24.3 Å². The maximum Gasteiger partial charge on any atom is 0.115 e. The van der Waals surface area contributed by atoms with E-state index in [1.807, 2.05) is 12.1 Å². The largest absolute Gasteiger partial charge is 0.508 e. The molecule has 0 atom stereocenters. The summed E-state index contributed by atoms with van der Waals surface area (Å²) in [4.78, 5) is 2.32. The van der Waals surface area contributed by atoms with Crippen molar-refractivity contribution in [1.29, 1.82) is 0 Å². The molecule has 1 aromatic rings. The molecule has 2 rings (SSSR count). The molecule has 1 aromatic carbocycles. The molecule has 3 N–H and O–H groups in total. The van der Waals surface area contributed by atoms with Crippen molar-refractivity contribution in [2.24, 2.45) is 5.73 Å². The number of hydrogen-bond acceptors (Lipinski definition) is 3. The van der Waals surface area contributed by atoms with Gasteiger partial charge in [0.2, 0.25) is 0 Å². The number of nitrogens with two attached hydrogens (primary N) is 1. The number of hydrogen-bond donors (Lipinski definition) is 2. The zero-order chi connectivity index (χ0) is 10.9. The van der Waals surface area contributed by atoms with Crippen LogP contribution in [0.25, 0.3) is 0 Å². The first-order chi connectivity index (χ1) is 7.19. The summed E-state index contributed by atoms with van der Waals surface area (Å²) in [5.41, 5.74) is 7.05. The molecule has 0 bridgehead atoms. The Balaban J connectivity index is 2.19. The van der Waals surface area contributed by atoms with E-state index < -0.39 is 0 Å². The van der Waals surface area contributed by atoms with Gasteiger partial charge in [-0.3, -0.25) is 4.90 Å². The van der Waals surface area contributed by atoms with Crippen LogP contribution in [0.3, 0.4) is 0 Å². The van der Waals surface area contributed by atoms with E-state index in [1.165, 1.54) is 18.4 Å². The molecular formula is C12H18N2O. The Labute approximate surface area is 90.5 Å². The number of phenolic OH excluding ortho intramolecular Hbond substituents is 1. The number of nitrogens with zero attached hydrogens (tertiary/aromatic N) is 1. The van der Waals surface area contributed by atoms with Crippen LogP contribution in [0.1, 0.15) is 18.4 Å². The minimum absolute atomic E-state index is 0.188. The van der Waals surface area contributed by atoms with Gasteiger partial charge in [-0.15, -0.1) is 0 Å². The SMILES string of the molecule is CN(CCN)C1(c2ccc(O)cc2)CC1. The quantitative estimate of drug-likeness (QED) is 0.780. The molecule has 1 fully saturated rings. The van der Waals surface area contributed by atoms with E-state index >= 15 is 0 Å². The molecule has 1 aliphatic carbocycles. The van der Waals surface area contributed by atoms with E-state index in [2.05, 4.69) is 11.9 Å². The lowest BCUT2D eigenvalue weighted by Crippen LogP contribution is -2.35. The van der Waals surface area contributed by atoms with Crippen LogP contribution < -0.4 is 5.73 Å². The van der Waals surface area contributed by atoms with Crippen molar-refractivity contribution >= 4 is 0 Å². The highest BCUT2D eigenvalue weighted by atomic mass is 16.3. The number of phenols is 1. The Bertz CT molecular complexity index is 330. The first kappa shape index (κ1) is 10.5. The topological polar surface area (TPSA) is 49.5 Å². The van der Waals surface area contributed by atoms with Crippen LogP contribution in [0, 0.1) is 0 Å². The van der Waals surface area contributed by atoms with E-state index in [9.17, 15) is 5.11 Å². The smallest absolute Gasteiger partial charge is 0.115 e. The van der Waals surface area contributed by atoms with Crippen LogP contribution in [-0.2, 0) is 5.54 Å². The van der Waals surface area contributed by atoms with Gasteiger partial charge in [0.25, 0.3) is 0 Å². The molecular weight excluding hydrogens is 188 g/mol. The summed E-state index contributed by atoms with van der Waals surface area (Å²) < 4.78 is 0. The molecule has 0 unspecified atom stereocenters. The normalized spacial score (nSPS) is 18.1. The predicted molar refractivity (Wildman–Crippen MR) is 60.7 cm³/mol. The van der Waals surface area contributed by atoms with Gasteiger partial charge in [-0.05, 0) is 37.6 Å². The summed E-state index contributed by atoms with van der Waals surface area (Å²) in [6.45, 7) is 1.61. The third-order valence-electron chi connectivity index (χ3n) is 3.32. The fraction of sp³-hybridized carbons (Fsp3) is 0.500. The summed E-state index contributed by atoms with van der Waals surface area (Å²) in [6, 6.07) is 7.53. The zero-order valence-corrected chi connectivity index (χ0v) is 9.11. The molecule has 3 nitrogen and oxygen atoms in total. The second kappa shape index (κ2) is 3.83. The van der Waals surface area contributed by atoms with Crippen molar-refractivity contribution in [3.8, 4) is 5.75 Å². The van der Waals surface area contributed by atoms with Crippen LogP contribution in [0.2, 0.25) is 0 Å². The highest BCUT2D eigenvalue weighted by Gasteiger charge is 2.47. The van der Waals surface area contributed by atoms with Crippen molar-refractivity contribution in [3.05, 3.63) is 29.8 Å². The van der Waals surface area contributed by atoms with Gasteiger partial charge in [0, 0.05) is 18.6 Å². The highest BCUT2D eigenvalue weighted by Crippen LogP contribution is 2.50. The Morgan fingerprint density at radius 2 is 1.93 bits per heavy atom. The first-order valence-corrected chi connectivity index (χ1v) is 5.40. The van der Waals surface area contributed by atoms with Crippen molar-refractivity contribution in [2.75, 3.05) is 20.1 Å². The molecule has 82 valence electrons. The van der Waals surface area contributed by atoms with Crippen LogP contribution >= 0.6 is 0 Å². The lowest BCUT2D eigenvalue weighted by molar-refractivity contribution is 0.229. The fourth-order valence-corrected chi connectivity index (χ4v) is 2.19. The van der Waals surface area contributed by atoms with Crippen LogP contribution in [0.4, 0.5) is 0 Å². The third kappa shape index (κ3) is 1.85. The second-order valence-corrected chi connectivity index (χ2v) is 4.29. The Hall–Kier alpha value is -1.06. The fourth-order valence-electron chi connectivity index (χ4n) is 2.19. The molecule has 0 spiro atoms. The monoisotopic (exact) mass is 206 g/mol. The van der Waals surface area contributed by atoms with Crippen molar-refractivity contribution in [1.82, 2.24) is 4.90 Å². The molecule has 3 heteroatoms. The third-order valence-corrected chi connectivity index (χ3v) is 3.32. The van der Waals surface area contributed by atoms with Crippen molar-refractivity contribution in [3.63, 3.8) is 0 Å². The molecule has 0 saturated heterocycles. The molecule has 0 aromatic heterocycles. The molecule has 0 radical (unpaired) electrons. The van der Waals surface area contributed by atoms with E-state index in [0.717, 1.165) is 6.54 Å². The Morgan fingerprint density at radius 1 is 1.33 bits per heavy atom. The summed E-state index contributed by atoms with van der Waals surface area (Å²) in [5.74, 6) is 0.330. The highest BCUT2D eigenvalue weighted by molar-refractivity contribution is 5.34. The summed E-state index contributed by atoms with van der Waals surface area (Å²) in [6.07, 6.45) is 2.38. The average Bonchev–Trinajstić information content (AvgIpc) is 3.00. The van der Waals surface area contributed by atoms with E-state index in [-0.39, 0.29) is 5.54 Å². The van der Waals surface area contributed by atoms with Gasteiger partial charge in [0.15, 0.2) is 0 Å². The predicted octanol–water partition coefficient (Wildman–Crippen LogP) is 1.27. The lowest BCUT2D eigenvalue weighted by atomic mass is 10.0. The molecule has 0 amide bonds. The minimum Gasteiger partial charge on any atom is -0.508 e. The van der Waals surface area contributed by atoms with Crippen LogP contribution in [0.5, 0.6) is 5.75 Å². The molecule has 1 saturated carbocycles. The van der Waals surface area contributed by atoms with E-state index in [1.54, 1.807) is 12.1 Å². The van der Waals surface area contributed by atoms with Gasteiger partial charge in [-0.2, -0.15) is 0 Å². The van der Waals surface area contributed by atoms with Gasteiger partial charge in [0.1, 0.15) is 5.75 Å². The minimum atomic E-state index is 0.188.